The molecule has 0 heterocycles. The summed E-state index contributed by atoms with van der Waals surface area (Å²) in [7, 11) is 1.55. The van der Waals surface area contributed by atoms with Gasteiger partial charge in [0, 0.05) is 0 Å². The first-order valence-electron chi connectivity index (χ1n) is 10.2. The van der Waals surface area contributed by atoms with E-state index in [4.69, 9.17) is 21.1 Å². The maximum absolute atomic E-state index is 12.0. The van der Waals surface area contributed by atoms with E-state index in [9.17, 15) is 9.59 Å². The second-order valence-corrected chi connectivity index (χ2v) is 7.59. The molecular formula is C25H24ClN3O4. The van der Waals surface area contributed by atoms with Crippen LogP contribution in [0, 0.1) is 6.92 Å². The second kappa shape index (κ2) is 11.7. The maximum atomic E-state index is 12.0. The highest BCUT2D eigenvalue weighted by atomic mass is 35.5. The molecule has 0 spiro atoms. The number of hydrogen-bond donors (Lipinski definition) is 2. The SMILES string of the molecule is COc1cc(C=NNC(=O)CC(=O)Nc2ccccc2Cl)ccc1OCc1ccc(C)cc1. The van der Waals surface area contributed by atoms with Crippen molar-refractivity contribution in [1.82, 2.24) is 5.43 Å². The topological polar surface area (TPSA) is 89.0 Å². The zero-order valence-electron chi connectivity index (χ0n) is 18.3. The van der Waals surface area contributed by atoms with E-state index in [2.05, 4.69) is 15.8 Å². The average molecular weight is 466 g/mol. The Morgan fingerprint density at radius 3 is 2.48 bits per heavy atom. The molecule has 0 bridgehead atoms. The monoisotopic (exact) mass is 465 g/mol. The molecule has 0 fully saturated rings. The fraction of sp³-hybridized carbons (Fsp3) is 0.160. The molecule has 0 saturated heterocycles. The highest BCUT2D eigenvalue weighted by molar-refractivity contribution is 6.33. The van der Waals surface area contributed by atoms with Crippen LogP contribution in [0.5, 0.6) is 11.5 Å². The molecule has 0 atom stereocenters. The van der Waals surface area contributed by atoms with E-state index in [0.29, 0.717) is 34.4 Å². The number of benzene rings is 3. The predicted molar refractivity (Wildman–Crippen MR) is 129 cm³/mol. The lowest BCUT2D eigenvalue weighted by atomic mass is 10.2. The van der Waals surface area contributed by atoms with Crippen LogP contribution in [0.15, 0.2) is 71.8 Å². The number of ether oxygens (including phenoxy) is 2. The number of nitrogens with zero attached hydrogens (tertiary/aromatic N) is 1. The van der Waals surface area contributed by atoms with Crippen molar-refractivity contribution in [2.45, 2.75) is 20.0 Å². The zero-order valence-corrected chi connectivity index (χ0v) is 19.1. The molecule has 8 heteroatoms. The Balaban J connectivity index is 1.51. The van der Waals surface area contributed by atoms with Gasteiger partial charge in [-0.2, -0.15) is 5.10 Å². The molecule has 0 aliphatic carbocycles. The van der Waals surface area contributed by atoms with E-state index < -0.39 is 18.2 Å². The Morgan fingerprint density at radius 2 is 1.76 bits per heavy atom. The third kappa shape index (κ3) is 7.36. The predicted octanol–water partition coefficient (Wildman–Crippen LogP) is 4.71. The summed E-state index contributed by atoms with van der Waals surface area (Å²) in [6.07, 6.45) is 1.06. The molecule has 170 valence electrons. The van der Waals surface area contributed by atoms with Crippen LogP contribution in [0.3, 0.4) is 0 Å². The van der Waals surface area contributed by atoms with Crippen LogP contribution in [-0.4, -0.2) is 25.1 Å². The van der Waals surface area contributed by atoms with Crippen LogP contribution in [0.25, 0.3) is 0 Å². The summed E-state index contributed by atoms with van der Waals surface area (Å²) < 4.78 is 11.3. The molecule has 0 radical (unpaired) electrons. The van der Waals surface area contributed by atoms with E-state index in [1.54, 1.807) is 49.6 Å². The third-order valence-electron chi connectivity index (χ3n) is 4.57. The van der Waals surface area contributed by atoms with Crippen LogP contribution in [-0.2, 0) is 16.2 Å². The van der Waals surface area contributed by atoms with Crippen molar-refractivity contribution in [3.8, 4) is 11.5 Å². The molecular weight excluding hydrogens is 442 g/mol. The van der Waals surface area contributed by atoms with E-state index >= 15 is 0 Å². The number of nitrogens with one attached hydrogen (secondary N) is 2. The van der Waals surface area contributed by atoms with Crippen LogP contribution in [0.4, 0.5) is 5.69 Å². The van der Waals surface area contributed by atoms with Gasteiger partial charge in [0.1, 0.15) is 13.0 Å². The molecule has 2 amide bonds. The third-order valence-corrected chi connectivity index (χ3v) is 4.90. The molecule has 0 unspecified atom stereocenters. The number of hydrogen-bond acceptors (Lipinski definition) is 5. The van der Waals surface area contributed by atoms with Crippen molar-refractivity contribution in [3.63, 3.8) is 0 Å². The summed E-state index contributed by atoms with van der Waals surface area (Å²) in [4.78, 5) is 24.0. The molecule has 0 saturated carbocycles. The van der Waals surface area contributed by atoms with Crippen LogP contribution >= 0.6 is 11.6 Å². The first-order chi connectivity index (χ1) is 15.9. The molecule has 3 aromatic carbocycles. The Bertz CT molecular complexity index is 1150. The highest BCUT2D eigenvalue weighted by Gasteiger charge is 2.11. The molecule has 0 aliphatic rings. The van der Waals surface area contributed by atoms with Gasteiger partial charge in [0.15, 0.2) is 11.5 Å². The summed E-state index contributed by atoms with van der Waals surface area (Å²) in [6.45, 7) is 2.45. The average Bonchev–Trinajstić information content (AvgIpc) is 2.80. The lowest BCUT2D eigenvalue weighted by molar-refractivity contribution is -0.126. The van der Waals surface area contributed by atoms with Gasteiger partial charge >= 0.3 is 0 Å². The van der Waals surface area contributed by atoms with Gasteiger partial charge in [-0.3, -0.25) is 9.59 Å². The number of carbonyl (C=O) groups is 2. The van der Waals surface area contributed by atoms with Crippen molar-refractivity contribution >= 4 is 35.3 Å². The number of para-hydroxylation sites is 1. The fourth-order valence-corrected chi connectivity index (χ4v) is 3.03. The smallest absolute Gasteiger partial charge is 0.249 e. The number of rotatable bonds is 9. The molecule has 0 aliphatic heterocycles. The summed E-state index contributed by atoms with van der Waals surface area (Å²) >= 11 is 5.99. The van der Waals surface area contributed by atoms with Crippen molar-refractivity contribution in [1.29, 1.82) is 0 Å². The number of amides is 2. The lowest BCUT2D eigenvalue weighted by Crippen LogP contribution is -2.24. The largest absolute Gasteiger partial charge is 0.493 e. The van der Waals surface area contributed by atoms with Gasteiger partial charge in [0.2, 0.25) is 11.8 Å². The van der Waals surface area contributed by atoms with Crippen molar-refractivity contribution < 1.29 is 19.1 Å². The highest BCUT2D eigenvalue weighted by Crippen LogP contribution is 2.28. The fourth-order valence-electron chi connectivity index (χ4n) is 2.85. The number of aryl methyl sites for hydroxylation is 1. The standard InChI is InChI=1S/C25H24ClN3O4/c1-17-7-9-18(10-8-17)16-33-22-12-11-19(13-23(22)32-2)15-27-29-25(31)14-24(30)28-21-6-4-3-5-20(21)26/h3-13,15H,14,16H2,1-2H3,(H,28,30)(H,29,31). The molecule has 3 aromatic rings. The molecule has 7 nitrogen and oxygen atoms in total. The van der Waals surface area contributed by atoms with E-state index in [-0.39, 0.29) is 0 Å². The Labute approximate surface area is 197 Å². The Morgan fingerprint density at radius 1 is 1.00 bits per heavy atom. The molecule has 0 aromatic heterocycles. The Hall–Kier alpha value is -3.84. The normalized spacial score (nSPS) is 10.6. The number of hydrazone groups is 1. The van der Waals surface area contributed by atoms with Gasteiger partial charge < -0.3 is 14.8 Å². The zero-order chi connectivity index (χ0) is 23.6. The van der Waals surface area contributed by atoms with Crippen LogP contribution in [0.2, 0.25) is 5.02 Å². The van der Waals surface area contributed by atoms with Gasteiger partial charge in [-0.25, -0.2) is 5.43 Å². The Kier molecular flexibility index (Phi) is 8.43. The minimum absolute atomic E-state index is 0.391. The van der Waals surface area contributed by atoms with Crippen LogP contribution in [0.1, 0.15) is 23.1 Å². The number of carbonyl (C=O) groups excluding carboxylic acids is 2. The van der Waals surface area contributed by atoms with E-state index in [1.165, 1.54) is 11.8 Å². The minimum Gasteiger partial charge on any atom is -0.493 e. The van der Waals surface area contributed by atoms with Crippen molar-refractivity contribution in [3.05, 3.63) is 88.4 Å². The summed E-state index contributed by atoms with van der Waals surface area (Å²) in [5, 5.41) is 6.88. The minimum atomic E-state index is -0.555. The number of anilines is 1. The first-order valence-corrected chi connectivity index (χ1v) is 10.5. The van der Waals surface area contributed by atoms with Crippen molar-refractivity contribution in [2.75, 3.05) is 12.4 Å². The number of halogens is 1. The summed E-state index contributed by atoms with van der Waals surface area (Å²) in [5.41, 5.74) is 5.70. The molecule has 3 rings (SSSR count). The quantitative estimate of drug-likeness (QED) is 0.272. The molecule has 2 N–H and O–H groups in total. The number of methoxy groups -OCH3 is 1. The lowest BCUT2D eigenvalue weighted by Gasteiger charge is -2.11. The van der Waals surface area contributed by atoms with Crippen molar-refractivity contribution in [2.24, 2.45) is 5.10 Å². The van der Waals surface area contributed by atoms with E-state index in [0.717, 1.165) is 5.56 Å². The van der Waals surface area contributed by atoms with Gasteiger partial charge in [-0.1, -0.05) is 53.6 Å². The van der Waals surface area contributed by atoms with Gasteiger partial charge in [-0.15, -0.1) is 0 Å². The first kappa shape index (κ1) is 23.8. The second-order valence-electron chi connectivity index (χ2n) is 7.18. The van der Waals surface area contributed by atoms with Crippen LogP contribution < -0.4 is 20.2 Å². The summed E-state index contributed by atoms with van der Waals surface area (Å²) in [6, 6.07) is 20.2. The van der Waals surface area contributed by atoms with E-state index in [1.807, 2.05) is 31.2 Å². The van der Waals surface area contributed by atoms with Gasteiger partial charge in [0.05, 0.1) is 24.0 Å². The molecule has 33 heavy (non-hydrogen) atoms. The summed E-state index contributed by atoms with van der Waals surface area (Å²) in [5.74, 6) is 0.0837. The maximum Gasteiger partial charge on any atom is 0.249 e. The van der Waals surface area contributed by atoms with Gasteiger partial charge in [-0.05, 0) is 48.4 Å². The van der Waals surface area contributed by atoms with Gasteiger partial charge in [0.25, 0.3) is 0 Å².